The van der Waals surface area contributed by atoms with Gasteiger partial charge in [-0.3, -0.25) is 4.79 Å². The Morgan fingerprint density at radius 2 is 1.91 bits per heavy atom. The van der Waals surface area contributed by atoms with E-state index in [1.165, 1.54) is 58.9 Å². The van der Waals surface area contributed by atoms with E-state index in [0.717, 1.165) is 0 Å². The van der Waals surface area contributed by atoms with Crippen LogP contribution >= 0.6 is 11.8 Å². The molecule has 4 aromatic rings. The van der Waals surface area contributed by atoms with Gasteiger partial charge in [-0.05, 0) is 49.6 Å². The van der Waals surface area contributed by atoms with Gasteiger partial charge < -0.3 is 9.67 Å². The fourth-order valence-corrected chi connectivity index (χ4v) is 6.19. The van der Waals surface area contributed by atoms with Gasteiger partial charge in [0.1, 0.15) is 17.6 Å². The molecule has 0 saturated carbocycles. The number of aromatic nitrogens is 3. The first-order valence-corrected chi connectivity index (χ1v) is 12.7. The number of hydrogen-bond donors (Lipinski definition) is 1. The Hall–Kier alpha value is -3.24. The molecule has 10 heteroatoms. The van der Waals surface area contributed by atoms with Crippen LogP contribution in [-0.4, -0.2) is 40.3 Å². The summed E-state index contributed by atoms with van der Waals surface area (Å²) in [6.07, 6.45) is 3.26. The van der Waals surface area contributed by atoms with E-state index < -0.39 is 33.4 Å². The Morgan fingerprint density at radius 1 is 1.18 bits per heavy atom. The summed E-state index contributed by atoms with van der Waals surface area (Å²) in [5.74, 6) is -1.65. The number of aliphatic carboxylic acids is 1. The lowest BCUT2D eigenvalue weighted by Gasteiger charge is -2.19. The summed E-state index contributed by atoms with van der Waals surface area (Å²) in [5.41, 5.74) is 1.35. The quantitative estimate of drug-likeness (QED) is 0.308. The first-order valence-electron chi connectivity index (χ1n) is 9.90. The summed E-state index contributed by atoms with van der Waals surface area (Å²) in [6, 6.07) is 13.4. The third-order valence-electron chi connectivity index (χ3n) is 5.38. The fourth-order valence-electron chi connectivity index (χ4n) is 3.96. The van der Waals surface area contributed by atoms with E-state index in [1.54, 1.807) is 31.4 Å². The number of thioether (sulfide) groups is 1. The topological polar surface area (TPSA) is 102 Å². The Bertz CT molecular complexity index is 1450. The molecule has 0 bridgehead atoms. The van der Waals surface area contributed by atoms with Gasteiger partial charge in [-0.1, -0.05) is 30.0 Å². The largest absolute Gasteiger partial charge is 0.480 e. The highest BCUT2D eigenvalue weighted by molar-refractivity contribution is 7.98. The standard InChI is InChI=1S/C23H20FN3O4S2/c1-14-21(17-12-15(24)8-9-19(17)27(14)13-20(28)29)22(18-10-11-25-23(26-18)32-2)33(30,31)16-6-4-3-5-7-16/h3-12,22H,13H2,1-2H3,(H,28,29). The molecule has 0 aliphatic rings. The number of carboxylic acid groups (broad SMARTS) is 1. The first-order chi connectivity index (χ1) is 15.7. The van der Waals surface area contributed by atoms with Crippen molar-refractivity contribution in [3.05, 3.63) is 83.6 Å². The van der Waals surface area contributed by atoms with Crippen molar-refractivity contribution in [2.75, 3.05) is 6.26 Å². The van der Waals surface area contributed by atoms with Gasteiger partial charge in [0.15, 0.2) is 15.0 Å². The van der Waals surface area contributed by atoms with E-state index in [9.17, 15) is 22.7 Å². The summed E-state index contributed by atoms with van der Waals surface area (Å²) in [6.45, 7) is 1.24. The van der Waals surface area contributed by atoms with Crippen molar-refractivity contribution in [2.24, 2.45) is 0 Å². The van der Waals surface area contributed by atoms with Crippen LogP contribution < -0.4 is 0 Å². The molecule has 0 aliphatic heterocycles. The lowest BCUT2D eigenvalue weighted by molar-refractivity contribution is -0.137. The van der Waals surface area contributed by atoms with Crippen molar-refractivity contribution >= 4 is 38.5 Å². The fraction of sp³-hybridized carbons (Fsp3) is 0.174. The van der Waals surface area contributed by atoms with Crippen LogP contribution in [0.25, 0.3) is 10.9 Å². The summed E-state index contributed by atoms with van der Waals surface area (Å²) in [5, 5.41) is 8.85. The van der Waals surface area contributed by atoms with E-state index in [1.807, 2.05) is 0 Å². The van der Waals surface area contributed by atoms with Crippen LogP contribution in [0.1, 0.15) is 22.2 Å². The van der Waals surface area contributed by atoms with Gasteiger partial charge in [0.05, 0.1) is 10.6 Å². The number of nitrogens with zero attached hydrogens (tertiary/aromatic N) is 3. The molecule has 0 spiro atoms. The maximum atomic E-state index is 14.3. The number of carbonyl (C=O) groups is 1. The summed E-state index contributed by atoms with van der Waals surface area (Å²) in [4.78, 5) is 20.2. The minimum Gasteiger partial charge on any atom is -0.480 e. The second-order valence-electron chi connectivity index (χ2n) is 7.35. The van der Waals surface area contributed by atoms with Gasteiger partial charge in [0.2, 0.25) is 0 Å². The Balaban J connectivity index is 2.10. The van der Waals surface area contributed by atoms with Crippen LogP contribution in [0.2, 0.25) is 0 Å². The van der Waals surface area contributed by atoms with Crippen molar-refractivity contribution in [3.8, 4) is 0 Å². The number of sulfone groups is 1. The molecule has 0 aliphatic carbocycles. The summed E-state index contributed by atoms with van der Waals surface area (Å²) < 4.78 is 43.7. The third kappa shape index (κ3) is 4.23. The maximum Gasteiger partial charge on any atom is 0.323 e. The number of rotatable bonds is 7. The maximum absolute atomic E-state index is 14.3. The molecule has 0 saturated heterocycles. The monoisotopic (exact) mass is 485 g/mol. The predicted molar refractivity (Wildman–Crippen MR) is 124 cm³/mol. The number of hydrogen-bond acceptors (Lipinski definition) is 6. The minimum absolute atomic E-state index is 0.0780. The van der Waals surface area contributed by atoms with Crippen molar-refractivity contribution < 1.29 is 22.7 Å². The zero-order valence-electron chi connectivity index (χ0n) is 17.8. The Labute approximate surface area is 194 Å². The van der Waals surface area contributed by atoms with Gasteiger partial charge in [-0.25, -0.2) is 22.8 Å². The molecular formula is C23H20FN3O4S2. The average Bonchev–Trinajstić information content (AvgIpc) is 3.05. The Kier molecular flexibility index (Phi) is 6.22. The molecule has 2 aromatic carbocycles. The van der Waals surface area contributed by atoms with Crippen LogP contribution in [0.5, 0.6) is 0 Å². The van der Waals surface area contributed by atoms with Gasteiger partial charge in [0, 0.05) is 28.4 Å². The molecule has 0 radical (unpaired) electrons. The zero-order chi connectivity index (χ0) is 23.8. The molecule has 1 N–H and O–H groups in total. The van der Waals surface area contributed by atoms with Crippen LogP contribution in [0, 0.1) is 12.7 Å². The van der Waals surface area contributed by atoms with Gasteiger partial charge >= 0.3 is 5.97 Å². The molecule has 1 unspecified atom stereocenters. The number of carboxylic acids is 1. The predicted octanol–water partition coefficient (Wildman–Crippen LogP) is 4.25. The van der Waals surface area contributed by atoms with E-state index >= 15 is 0 Å². The van der Waals surface area contributed by atoms with Crippen molar-refractivity contribution in [3.63, 3.8) is 0 Å². The minimum atomic E-state index is -4.06. The van der Waals surface area contributed by atoms with E-state index in [4.69, 9.17) is 0 Å². The van der Waals surface area contributed by atoms with Crippen molar-refractivity contribution in [1.29, 1.82) is 0 Å². The van der Waals surface area contributed by atoms with E-state index in [-0.39, 0.29) is 10.6 Å². The molecule has 0 amide bonds. The van der Waals surface area contributed by atoms with Crippen LogP contribution in [0.3, 0.4) is 0 Å². The SMILES string of the molecule is CSc1nccc(C(c2c(C)n(CC(=O)O)c3ccc(F)cc23)S(=O)(=O)c2ccccc2)n1. The zero-order valence-corrected chi connectivity index (χ0v) is 19.4. The molecule has 7 nitrogen and oxygen atoms in total. The molecule has 2 aromatic heterocycles. The van der Waals surface area contributed by atoms with Gasteiger partial charge in [-0.15, -0.1) is 0 Å². The number of halogens is 1. The molecule has 170 valence electrons. The molecule has 1 atom stereocenters. The highest BCUT2D eigenvalue weighted by atomic mass is 32.2. The van der Waals surface area contributed by atoms with Crippen LogP contribution in [0.4, 0.5) is 4.39 Å². The smallest absolute Gasteiger partial charge is 0.323 e. The Morgan fingerprint density at radius 3 is 2.58 bits per heavy atom. The number of fused-ring (bicyclic) bond motifs is 1. The number of benzene rings is 2. The van der Waals surface area contributed by atoms with Gasteiger partial charge in [-0.2, -0.15) is 0 Å². The van der Waals surface area contributed by atoms with Gasteiger partial charge in [0.25, 0.3) is 0 Å². The average molecular weight is 486 g/mol. The second-order valence-corrected chi connectivity index (χ2v) is 10.2. The first kappa shape index (κ1) is 22.9. The van der Waals surface area contributed by atoms with E-state index in [0.29, 0.717) is 27.3 Å². The third-order valence-corrected chi connectivity index (χ3v) is 7.97. The molecular weight excluding hydrogens is 465 g/mol. The highest BCUT2D eigenvalue weighted by Gasteiger charge is 2.36. The van der Waals surface area contributed by atoms with Crippen molar-refractivity contribution in [1.82, 2.24) is 14.5 Å². The highest BCUT2D eigenvalue weighted by Crippen LogP contribution is 2.41. The molecule has 4 rings (SSSR count). The molecule has 33 heavy (non-hydrogen) atoms. The lowest BCUT2D eigenvalue weighted by Crippen LogP contribution is -2.18. The second kappa shape index (κ2) is 8.95. The van der Waals surface area contributed by atoms with Crippen LogP contribution in [0.15, 0.2) is 70.8 Å². The molecule has 0 fully saturated rings. The summed E-state index contributed by atoms with van der Waals surface area (Å²) >= 11 is 1.27. The lowest BCUT2D eigenvalue weighted by atomic mass is 10.0. The normalized spacial score (nSPS) is 12.7. The van der Waals surface area contributed by atoms with Crippen LogP contribution in [-0.2, 0) is 21.2 Å². The van der Waals surface area contributed by atoms with Crippen molar-refractivity contribution in [2.45, 2.75) is 28.8 Å². The van der Waals surface area contributed by atoms with E-state index in [2.05, 4.69) is 9.97 Å². The summed E-state index contributed by atoms with van der Waals surface area (Å²) in [7, 11) is -4.06. The molecule has 2 heterocycles.